The lowest BCUT2D eigenvalue weighted by Gasteiger charge is -2.22. The van der Waals surface area contributed by atoms with Crippen molar-refractivity contribution in [2.24, 2.45) is 5.14 Å². The minimum absolute atomic E-state index is 0.112. The molecule has 0 aliphatic rings. The first-order valence-electron chi connectivity index (χ1n) is 8.74. The number of hydrogen-bond donors (Lipinski definition) is 2. The quantitative estimate of drug-likeness (QED) is 0.648. The first-order valence-corrected chi connectivity index (χ1v) is 10.3. The maximum atomic E-state index is 11.3. The van der Waals surface area contributed by atoms with Crippen molar-refractivity contribution < 1.29 is 8.42 Å². The second-order valence-electron chi connectivity index (χ2n) is 5.99. The van der Waals surface area contributed by atoms with E-state index in [1.165, 1.54) is 12.1 Å². The molecule has 2 aromatic rings. The molecule has 2 rings (SSSR count). The van der Waals surface area contributed by atoms with Crippen molar-refractivity contribution in [3.63, 3.8) is 0 Å². The minimum atomic E-state index is -3.65. The van der Waals surface area contributed by atoms with E-state index < -0.39 is 10.0 Å². The molecule has 0 saturated heterocycles. The lowest BCUT2D eigenvalue weighted by atomic mass is 10.1. The second kappa shape index (κ2) is 9.44. The number of nitrogens with zero attached hydrogens (tertiary/aromatic N) is 4. The molecule has 142 valence electrons. The molecule has 1 heterocycles. The van der Waals surface area contributed by atoms with Crippen molar-refractivity contribution in [2.45, 2.75) is 38.0 Å². The molecule has 1 aromatic heterocycles. The van der Waals surface area contributed by atoms with Crippen molar-refractivity contribution in [3.8, 4) is 0 Å². The first kappa shape index (κ1) is 20.1. The number of primary sulfonamides is 1. The Kier molecular flexibility index (Phi) is 7.28. The molecule has 8 nitrogen and oxygen atoms in total. The molecule has 0 aliphatic carbocycles. The summed E-state index contributed by atoms with van der Waals surface area (Å²) < 4.78 is 22.5. The summed E-state index contributed by atoms with van der Waals surface area (Å²) in [6, 6.07) is 6.52. The van der Waals surface area contributed by atoms with E-state index in [1.807, 2.05) is 0 Å². The zero-order valence-electron chi connectivity index (χ0n) is 15.2. The van der Waals surface area contributed by atoms with E-state index in [0.29, 0.717) is 18.9 Å². The minimum Gasteiger partial charge on any atom is -0.355 e. The number of aromatic nitrogens is 3. The van der Waals surface area contributed by atoms with Gasteiger partial charge in [0.1, 0.15) is 0 Å². The van der Waals surface area contributed by atoms with E-state index in [9.17, 15) is 8.42 Å². The van der Waals surface area contributed by atoms with Gasteiger partial charge in [0.15, 0.2) is 5.82 Å². The second-order valence-corrected chi connectivity index (χ2v) is 7.55. The molecule has 9 heteroatoms. The van der Waals surface area contributed by atoms with Gasteiger partial charge in [0, 0.05) is 19.6 Å². The first-order chi connectivity index (χ1) is 12.4. The third kappa shape index (κ3) is 5.92. The molecule has 0 bridgehead atoms. The van der Waals surface area contributed by atoms with Crippen LogP contribution in [-0.4, -0.2) is 43.2 Å². The molecule has 3 N–H and O–H groups in total. The zero-order valence-corrected chi connectivity index (χ0v) is 16.0. The standard InChI is InChI=1S/C17H26N6O2S/c1-3-11-23(12-4-2)16-13-20-22-17(21-16)19-10-9-14-5-7-15(8-6-14)26(18,24)25/h5-8,13H,3-4,9-12H2,1-2H3,(H2,18,24,25)(H,19,21,22). The SMILES string of the molecule is CCCN(CCC)c1cnnc(NCCc2ccc(S(N)(=O)=O)cc2)n1. The Morgan fingerprint density at radius 1 is 1.12 bits per heavy atom. The van der Waals surface area contributed by atoms with Gasteiger partial charge in [-0.15, -0.1) is 5.10 Å². The molecule has 0 spiro atoms. The number of nitrogens with one attached hydrogen (secondary N) is 1. The lowest BCUT2D eigenvalue weighted by molar-refractivity contribution is 0.598. The Morgan fingerprint density at radius 2 is 1.77 bits per heavy atom. The zero-order chi connectivity index (χ0) is 19.0. The van der Waals surface area contributed by atoms with Gasteiger partial charge in [0.05, 0.1) is 11.1 Å². The average Bonchev–Trinajstić information content (AvgIpc) is 2.61. The summed E-state index contributed by atoms with van der Waals surface area (Å²) in [7, 11) is -3.65. The van der Waals surface area contributed by atoms with E-state index in [2.05, 4.69) is 39.2 Å². The van der Waals surface area contributed by atoms with Crippen LogP contribution in [0, 0.1) is 0 Å². The van der Waals surface area contributed by atoms with Gasteiger partial charge in [0.2, 0.25) is 16.0 Å². The van der Waals surface area contributed by atoms with E-state index in [0.717, 1.165) is 37.3 Å². The van der Waals surface area contributed by atoms with Crippen LogP contribution in [0.2, 0.25) is 0 Å². The van der Waals surface area contributed by atoms with Gasteiger partial charge in [-0.05, 0) is 37.0 Å². The van der Waals surface area contributed by atoms with E-state index in [4.69, 9.17) is 5.14 Å². The number of benzene rings is 1. The molecule has 26 heavy (non-hydrogen) atoms. The summed E-state index contributed by atoms with van der Waals surface area (Å²) in [5.74, 6) is 1.31. The molecule has 1 aromatic carbocycles. The largest absolute Gasteiger partial charge is 0.355 e. The van der Waals surface area contributed by atoms with E-state index >= 15 is 0 Å². The number of rotatable bonds is 10. The molecule has 0 aliphatic heterocycles. The van der Waals surface area contributed by atoms with Gasteiger partial charge < -0.3 is 10.2 Å². The highest BCUT2D eigenvalue weighted by Crippen LogP contribution is 2.12. The van der Waals surface area contributed by atoms with E-state index in [1.54, 1.807) is 18.3 Å². The third-order valence-corrected chi connectivity index (χ3v) is 4.74. The number of sulfonamides is 1. The van der Waals surface area contributed by atoms with E-state index in [-0.39, 0.29) is 4.90 Å². The average molecular weight is 379 g/mol. The number of anilines is 2. The number of hydrogen-bond acceptors (Lipinski definition) is 7. The Labute approximate surface area is 154 Å². The summed E-state index contributed by atoms with van der Waals surface area (Å²) >= 11 is 0. The van der Waals surface area contributed by atoms with Crippen LogP contribution in [-0.2, 0) is 16.4 Å². The van der Waals surface area contributed by atoms with Crippen LogP contribution >= 0.6 is 0 Å². The Hall–Kier alpha value is -2.26. The molecule has 0 unspecified atom stereocenters. The van der Waals surface area contributed by atoms with Crippen LogP contribution < -0.4 is 15.4 Å². The van der Waals surface area contributed by atoms with Gasteiger partial charge in [0.25, 0.3) is 0 Å². The summed E-state index contributed by atoms with van der Waals surface area (Å²) in [4.78, 5) is 6.85. The molecule has 0 amide bonds. The summed E-state index contributed by atoms with van der Waals surface area (Å²) in [6.45, 7) is 6.75. The Morgan fingerprint density at radius 3 is 2.35 bits per heavy atom. The Bertz CT molecular complexity index is 789. The fourth-order valence-corrected chi connectivity index (χ4v) is 3.08. The van der Waals surface area contributed by atoms with Crippen LogP contribution in [0.4, 0.5) is 11.8 Å². The van der Waals surface area contributed by atoms with Crippen molar-refractivity contribution in [2.75, 3.05) is 29.9 Å². The van der Waals surface area contributed by atoms with Gasteiger partial charge in [-0.2, -0.15) is 10.1 Å². The number of nitrogens with two attached hydrogens (primary N) is 1. The predicted molar refractivity (Wildman–Crippen MR) is 103 cm³/mol. The monoisotopic (exact) mass is 378 g/mol. The molecular weight excluding hydrogens is 352 g/mol. The van der Waals surface area contributed by atoms with Gasteiger partial charge in [-0.1, -0.05) is 26.0 Å². The summed E-state index contributed by atoms with van der Waals surface area (Å²) in [5.41, 5.74) is 0.993. The summed E-state index contributed by atoms with van der Waals surface area (Å²) in [6.07, 6.45) is 4.47. The molecule has 0 fully saturated rings. The summed E-state index contributed by atoms with van der Waals surface area (Å²) in [5, 5.41) is 16.3. The lowest BCUT2D eigenvalue weighted by Crippen LogP contribution is -2.26. The molecular formula is C17H26N6O2S. The van der Waals surface area contributed by atoms with Gasteiger partial charge in [-0.25, -0.2) is 13.6 Å². The topological polar surface area (TPSA) is 114 Å². The fraction of sp³-hybridized carbons (Fsp3) is 0.471. The molecule has 0 radical (unpaired) electrons. The molecule has 0 saturated carbocycles. The van der Waals surface area contributed by atoms with Crippen molar-refractivity contribution in [1.29, 1.82) is 0 Å². The highest BCUT2D eigenvalue weighted by atomic mass is 32.2. The van der Waals surface area contributed by atoms with Crippen molar-refractivity contribution in [1.82, 2.24) is 15.2 Å². The van der Waals surface area contributed by atoms with Crippen LogP contribution in [0.3, 0.4) is 0 Å². The van der Waals surface area contributed by atoms with Crippen molar-refractivity contribution in [3.05, 3.63) is 36.0 Å². The third-order valence-electron chi connectivity index (χ3n) is 3.81. The molecule has 0 atom stereocenters. The smallest absolute Gasteiger partial charge is 0.244 e. The van der Waals surface area contributed by atoms with Crippen LogP contribution in [0.25, 0.3) is 0 Å². The van der Waals surface area contributed by atoms with Crippen LogP contribution in [0.1, 0.15) is 32.3 Å². The van der Waals surface area contributed by atoms with Crippen LogP contribution in [0.5, 0.6) is 0 Å². The highest BCUT2D eigenvalue weighted by molar-refractivity contribution is 7.89. The van der Waals surface area contributed by atoms with Crippen molar-refractivity contribution >= 4 is 21.8 Å². The Balaban J connectivity index is 1.94. The maximum Gasteiger partial charge on any atom is 0.244 e. The predicted octanol–water partition coefficient (Wildman–Crippen LogP) is 1.80. The van der Waals surface area contributed by atoms with Crippen LogP contribution in [0.15, 0.2) is 35.4 Å². The van der Waals surface area contributed by atoms with Gasteiger partial charge in [-0.3, -0.25) is 0 Å². The fourth-order valence-electron chi connectivity index (χ4n) is 2.57. The van der Waals surface area contributed by atoms with Gasteiger partial charge >= 0.3 is 0 Å². The normalized spacial score (nSPS) is 11.3. The maximum absolute atomic E-state index is 11.3. The highest BCUT2D eigenvalue weighted by Gasteiger charge is 2.09.